The third kappa shape index (κ3) is 3.54. The normalized spacial score (nSPS) is 21.2. The summed E-state index contributed by atoms with van der Waals surface area (Å²) in [7, 11) is 0. The Balaban J connectivity index is 2.16. The lowest BCUT2D eigenvalue weighted by Gasteiger charge is -2.19. The Hall–Kier alpha value is -1.60. The number of carbonyl (C=O) groups is 1. The lowest BCUT2D eigenvalue weighted by molar-refractivity contribution is -0.387. The first-order valence-corrected chi connectivity index (χ1v) is 8.12. The number of benzene rings is 1. The summed E-state index contributed by atoms with van der Waals surface area (Å²) in [6, 6.07) is 4.66. The number of nitrogens with two attached hydrogens (primary N) is 1. The molecule has 2 unspecified atom stereocenters. The first-order chi connectivity index (χ1) is 10.1. The Morgan fingerprint density at radius 1 is 1.52 bits per heavy atom. The van der Waals surface area contributed by atoms with E-state index in [1.807, 2.05) is 0 Å². The molecule has 0 saturated heterocycles. The summed E-state index contributed by atoms with van der Waals surface area (Å²) in [6.45, 7) is 0.552. The van der Waals surface area contributed by atoms with Crippen molar-refractivity contribution in [3.8, 4) is 0 Å². The molecule has 1 aromatic rings. The fourth-order valence-electron chi connectivity index (χ4n) is 2.73. The zero-order chi connectivity index (χ0) is 15.4. The molecule has 7 heteroatoms. The van der Waals surface area contributed by atoms with Gasteiger partial charge in [0.25, 0.3) is 11.6 Å². The van der Waals surface area contributed by atoms with E-state index in [0.29, 0.717) is 22.9 Å². The molecule has 0 heterocycles. The molecular formula is C14H19N3O3S. The summed E-state index contributed by atoms with van der Waals surface area (Å²) >= 11 is 1.29. The number of carbonyl (C=O) groups excluding carboxylic acids is 1. The molecular weight excluding hydrogens is 290 g/mol. The quantitative estimate of drug-likeness (QED) is 0.493. The lowest BCUT2D eigenvalue weighted by Crippen LogP contribution is -2.39. The van der Waals surface area contributed by atoms with Crippen molar-refractivity contribution in [2.75, 3.05) is 12.8 Å². The van der Waals surface area contributed by atoms with Gasteiger partial charge < -0.3 is 11.1 Å². The second-order valence-electron chi connectivity index (χ2n) is 5.15. The molecule has 0 bridgehead atoms. The van der Waals surface area contributed by atoms with Gasteiger partial charge in [0.2, 0.25) is 0 Å². The smallest absolute Gasteiger partial charge is 0.283 e. The molecule has 2 atom stereocenters. The van der Waals surface area contributed by atoms with Gasteiger partial charge in [0.1, 0.15) is 0 Å². The van der Waals surface area contributed by atoms with E-state index in [1.165, 1.54) is 17.8 Å². The maximum atomic E-state index is 12.3. The van der Waals surface area contributed by atoms with Crippen molar-refractivity contribution < 1.29 is 9.72 Å². The summed E-state index contributed by atoms with van der Waals surface area (Å²) in [5.74, 6) is 0.0329. The average Bonchev–Trinajstić information content (AvgIpc) is 2.93. The minimum absolute atomic E-state index is 0.0306. The fourth-order valence-corrected chi connectivity index (χ4v) is 3.28. The molecule has 0 aromatic heterocycles. The van der Waals surface area contributed by atoms with Crippen molar-refractivity contribution in [2.45, 2.75) is 30.2 Å². The monoisotopic (exact) mass is 309 g/mol. The van der Waals surface area contributed by atoms with Crippen LogP contribution in [0.25, 0.3) is 0 Å². The van der Waals surface area contributed by atoms with Gasteiger partial charge in [0.05, 0.1) is 9.82 Å². The van der Waals surface area contributed by atoms with Gasteiger partial charge in [-0.2, -0.15) is 0 Å². The van der Waals surface area contributed by atoms with Gasteiger partial charge in [0.15, 0.2) is 0 Å². The highest BCUT2D eigenvalue weighted by Gasteiger charge is 2.28. The molecule has 1 fully saturated rings. The van der Waals surface area contributed by atoms with E-state index in [2.05, 4.69) is 5.32 Å². The minimum Gasteiger partial charge on any atom is -0.349 e. The van der Waals surface area contributed by atoms with Crippen LogP contribution in [0.4, 0.5) is 5.69 Å². The second kappa shape index (κ2) is 6.91. The highest BCUT2D eigenvalue weighted by molar-refractivity contribution is 7.98. The first kappa shape index (κ1) is 15.8. The molecule has 3 N–H and O–H groups in total. The summed E-state index contributed by atoms with van der Waals surface area (Å²) in [4.78, 5) is 23.4. The first-order valence-electron chi connectivity index (χ1n) is 6.90. The molecule has 2 rings (SSSR count). The van der Waals surface area contributed by atoms with Crippen molar-refractivity contribution in [1.82, 2.24) is 5.32 Å². The van der Waals surface area contributed by atoms with Crippen LogP contribution in [0.3, 0.4) is 0 Å². The predicted octanol–water partition coefficient (Wildman–Crippen LogP) is 2.17. The Bertz CT molecular complexity index is 550. The maximum Gasteiger partial charge on any atom is 0.283 e. The van der Waals surface area contributed by atoms with Gasteiger partial charge in [-0.15, -0.1) is 11.8 Å². The van der Waals surface area contributed by atoms with Crippen LogP contribution in [-0.2, 0) is 0 Å². The Labute approximate surface area is 127 Å². The molecule has 0 aliphatic heterocycles. The standard InChI is InChI=1S/C14H19N3O3S/c1-21-13-6-5-9(7-12(13)17(19)20)14(18)16-11-4-2-3-10(11)8-15/h5-7,10-11H,2-4,8,15H2,1H3,(H,16,18). The molecule has 6 nitrogen and oxygen atoms in total. The highest BCUT2D eigenvalue weighted by Crippen LogP contribution is 2.29. The maximum absolute atomic E-state index is 12.3. The molecule has 1 aliphatic rings. The highest BCUT2D eigenvalue weighted by atomic mass is 32.2. The van der Waals surface area contributed by atoms with E-state index in [-0.39, 0.29) is 17.6 Å². The van der Waals surface area contributed by atoms with E-state index >= 15 is 0 Å². The van der Waals surface area contributed by atoms with Crippen LogP contribution in [-0.4, -0.2) is 29.7 Å². The molecule has 0 spiro atoms. The summed E-state index contributed by atoms with van der Waals surface area (Å²) in [5.41, 5.74) is 5.99. The third-order valence-electron chi connectivity index (χ3n) is 3.92. The van der Waals surface area contributed by atoms with Crippen molar-refractivity contribution in [1.29, 1.82) is 0 Å². The van der Waals surface area contributed by atoms with E-state index in [9.17, 15) is 14.9 Å². The second-order valence-corrected chi connectivity index (χ2v) is 6.00. The zero-order valence-electron chi connectivity index (χ0n) is 11.9. The van der Waals surface area contributed by atoms with Gasteiger partial charge in [-0.1, -0.05) is 6.42 Å². The molecule has 21 heavy (non-hydrogen) atoms. The molecule has 1 aromatic carbocycles. The van der Waals surface area contributed by atoms with E-state index in [4.69, 9.17) is 5.73 Å². The molecule has 114 valence electrons. The number of nitro benzene ring substituents is 1. The number of amides is 1. The Kier molecular flexibility index (Phi) is 5.19. The largest absolute Gasteiger partial charge is 0.349 e. The number of nitrogens with zero attached hydrogens (tertiary/aromatic N) is 1. The number of nitrogens with one attached hydrogen (secondary N) is 1. The van der Waals surface area contributed by atoms with Crippen molar-refractivity contribution >= 4 is 23.4 Å². The van der Waals surface area contributed by atoms with Crippen molar-refractivity contribution in [3.63, 3.8) is 0 Å². The van der Waals surface area contributed by atoms with Gasteiger partial charge in [-0.3, -0.25) is 14.9 Å². The van der Waals surface area contributed by atoms with Gasteiger partial charge in [-0.25, -0.2) is 0 Å². The third-order valence-corrected chi connectivity index (χ3v) is 4.70. The number of hydrogen-bond acceptors (Lipinski definition) is 5. The van der Waals surface area contributed by atoms with E-state index < -0.39 is 4.92 Å². The molecule has 1 aliphatic carbocycles. The SMILES string of the molecule is CSc1ccc(C(=O)NC2CCCC2CN)cc1[N+](=O)[O-]. The fraction of sp³-hybridized carbons (Fsp3) is 0.500. The van der Waals surface area contributed by atoms with Gasteiger partial charge in [-0.05, 0) is 43.7 Å². The van der Waals surface area contributed by atoms with Crippen LogP contribution in [0, 0.1) is 16.0 Å². The molecule has 0 radical (unpaired) electrons. The number of hydrogen-bond donors (Lipinski definition) is 2. The predicted molar refractivity (Wildman–Crippen MR) is 82.5 cm³/mol. The number of rotatable bonds is 5. The topological polar surface area (TPSA) is 98.3 Å². The zero-order valence-corrected chi connectivity index (χ0v) is 12.7. The van der Waals surface area contributed by atoms with Gasteiger partial charge in [0, 0.05) is 17.7 Å². The van der Waals surface area contributed by atoms with E-state index in [0.717, 1.165) is 19.3 Å². The van der Waals surface area contributed by atoms with Crippen LogP contribution >= 0.6 is 11.8 Å². The summed E-state index contributed by atoms with van der Waals surface area (Å²) < 4.78 is 0. The van der Waals surface area contributed by atoms with Crippen LogP contribution in [0.5, 0.6) is 0 Å². The summed E-state index contributed by atoms with van der Waals surface area (Å²) in [6.07, 6.45) is 4.76. The number of nitro groups is 1. The Morgan fingerprint density at radius 3 is 2.90 bits per heavy atom. The average molecular weight is 309 g/mol. The van der Waals surface area contributed by atoms with Gasteiger partial charge >= 0.3 is 0 Å². The van der Waals surface area contributed by atoms with Crippen molar-refractivity contribution in [3.05, 3.63) is 33.9 Å². The van der Waals surface area contributed by atoms with Crippen LogP contribution in [0.15, 0.2) is 23.1 Å². The molecule has 1 saturated carbocycles. The van der Waals surface area contributed by atoms with Crippen molar-refractivity contribution in [2.24, 2.45) is 11.7 Å². The lowest BCUT2D eigenvalue weighted by atomic mass is 10.0. The van der Waals surface area contributed by atoms with E-state index in [1.54, 1.807) is 18.4 Å². The number of thioether (sulfide) groups is 1. The van der Waals surface area contributed by atoms with Crippen LogP contribution in [0.2, 0.25) is 0 Å². The molecule has 1 amide bonds. The minimum atomic E-state index is -0.457. The summed E-state index contributed by atoms with van der Waals surface area (Å²) in [5, 5.41) is 14.0. The van der Waals surface area contributed by atoms with Crippen LogP contribution in [0.1, 0.15) is 29.6 Å². The van der Waals surface area contributed by atoms with Crippen LogP contribution < -0.4 is 11.1 Å². The Morgan fingerprint density at radius 2 is 2.29 bits per heavy atom.